The summed E-state index contributed by atoms with van der Waals surface area (Å²) in [5.74, 6) is 0. The van der Waals surface area contributed by atoms with Gasteiger partial charge in [-0.3, -0.25) is 4.90 Å². The van der Waals surface area contributed by atoms with Crippen molar-refractivity contribution in [2.75, 3.05) is 13.1 Å². The molecule has 2 fully saturated rings. The van der Waals surface area contributed by atoms with Crippen molar-refractivity contribution in [2.24, 2.45) is 0 Å². The zero-order valence-electron chi connectivity index (χ0n) is 15.5. The molecule has 3 rings (SSSR count). The van der Waals surface area contributed by atoms with Gasteiger partial charge in [-0.1, -0.05) is 28.1 Å². The number of rotatable bonds is 4. The molecule has 0 spiro atoms. The molecule has 1 aliphatic carbocycles. The molecule has 0 bridgehead atoms. The third-order valence-electron chi connectivity index (χ3n) is 5.16. The predicted molar refractivity (Wildman–Crippen MR) is 104 cm³/mol. The van der Waals surface area contributed by atoms with E-state index in [4.69, 9.17) is 4.74 Å². The molecule has 1 aliphatic heterocycles. The van der Waals surface area contributed by atoms with Gasteiger partial charge in [-0.25, -0.2) is 4.79 Å². The number of alkyl carbamates (subject to hydrolysis) is 1. The number of nitrogens with one attached hydrogen (secondary N) is 1. The summed E-state index contributed by atoms with van der Waals surface area (Å²) in [4.78, 5) is 14.6. The normalized spacial score (nSPS) is 21.0. The second kappa shape index (κ2) is 7.28. The molecule has 1 aromatic rings. The van der Waals surface area contributed by atoms with Crippen LogP contribution in [-0.4, -0.2) is 41.3 Å². The van der Waals surface area contributed by atoms with Crippen LogP contribution in [-0.2, 0) is 11.2 Å². The van der Waals surface area contributed by atoms with Gasteiger partial charge in [-0.2, -0.15) is 0 Å². The van der Waals surface area contributed by atoms with Gasteiger partial charge in [-0.15, -0.1) is 0 Å². The molecular weight excluding hydrogens is 380 g/mol. The van der Waals surface area contributed by atoms with Crippen LogP contribution in [0.1, 0.15) is 52.0 Å². The monoisotopic (exact) mass is 408 g/mol. The van der Waals surface area contributed by atoms with Crippen LogP contribution in [0, 0.1) is 0 Å². The number of halogens is 1. The van der Waals surface area contributed by atoms with Crippen molar-refractivity contribution in [1.29, 1.82) is 0 Å². The molecule has 0 aromatic heterocycles. The molecular formula is C20H29BrN2O2. The van der Waals surface area contributed by atoms with Gasteiger partial charge < -0.3 is 10.1 Å². The number of hydrogen-bond donors (Lipinski definition) is 1. The van der Waals surface area contributed by atoms with Crippen molar-refractivity contribution < 1.29 is 9.53 Å². The molecule has 1 saturated heterocycles. The fourth-order valence-electron chi connectivity index (χ4n) is 3.70. The Morgan fingerprint density at radius 1 is 1.24 bits per heavy atom. The minimum Gasteiger partial charge on any atom is -0.444 e. The van der Waals surface area contributed by atoms with Gasteiger partial charge in [0.05, 0.1) is 0 Å². The molecule has 1 saturated carbocycles. The van der Waals surface area contributed by atoms with E-state index < -0.39 is 5.60 Å². The first-order valence-electron chi connectivity index (χ1n) is 9.25. The second-order valence-electron chi connectivity index (χ2n) is 8.44. The highest BCUT2D eigenvalue weighted by Gasteiger charge is 2.48. The van der Waals surface area contributed by atoms with Crippen molar-refractivity contribution in [3.8, 4) is 0 Å². The maximum Gasteiger partial charge on any atom is 0.407 e. The lowest BCUT2D eigenvalue weighted by atomic mass is 9.97. The molecule has 1 N–H and O–H groups in total. The minimum absolute atomic E-state index is 0.231. The third kappa shape index (κ3) is 5.20. The predicted octanol–water partition coefficient (Wildman–Crippen LogP) is 4.51. The zero-order valence-corrected chi connectivity index (χ0v) is 17.1. The fraction of sp³-hybridized carbons (Fsp3) is 0.650. The molecule has 1 amide bonds. The maximum atomic E-state index is 11.9. The number of amides is 1. The van der Waals surface area contributed by atoms with Crippen LogP contribution < -0.4 is 5.32 Å². The lowest BCUT2D eigenvalue weighted by Gasteiger charge is -2.38. The van der Waals surface area contributed by atoms with Gasteiger partial charge in [0.1, 0.15) is 5.60 Å². The lowest BCUT2D eigenvalue weighted by molar-refractivity contribution is 0.0462. The second-order valence-corrected chi connectivity index (χ2v) is 9.35. The first kappa shape index (κ1) is 18.7. The van der Waals surface area contributed by atoms with Crippen molar-refractivity contribution in [1.82, 2.24) is 10.2 Å². The average Bonchev–Trinajstić information content (AvgIpc) is 3.29. The van der Waals surface area contributed by atoms with E-state index in [1.54, 1.807) is 0 Å². The smallest absolute Gasteiger partial charge is 0.407 e. The average molecular weight is 409 g/mol. The Labute approximate surface area is 159 Å². The highest BCUT2D eigenvalue weighted by molar-refractivity contribution is 9.10. The van der Waals surface area contributed by atoms with Crippen molar-refractivity contribution >= 4 is 22.0 Å². The number of carbonyl (C=O) groups excluding carboxylic acids is 1. The molecule has 0 radical (unpaired) electrons. The summed E-state index contributed by atoms with van der Waals surface area (Å²) in [6.07, 6.45) is 5.41. The summed E-state index contributed by atoms with van der Waals surface area (Å²) in [5, 5.41) is 3.03. The van der Waals surface area contributed by atoms with Crippen molar-refractivity contribution in [3.05, 3.63) is 34.3 Å². The molecule has 5 heteroatoms. The van der Waals surface area contributed by atoms with Crippen LogP contribution in [0.2, 0.25) is 0 Å². The molecule has 0 unspecified atom stereocenters. The van der Waals surface area contributed by atoms with Gasteiger partial charge >= 0.3 is 6.09 Å². The number of benzene rings is 1. The van der Waals surface area contributed by atoms with E-state index in [9.17, 15) is 4.79 Å². The van der Waals surface area contributed by atoms with Crippen LogP contribution in [0.3, 0.4) is 0 Å². The first-order valence-corrected chi connectivity index (χ1v) is 10.0. The summed E-state index contributed by atoms with van der Waals surface area (Å²) in [5.41, 5.74) is 1.33. The van der Waals surface area contributed by atoms with Crippen molar-refractivity contribution in [2.45, 2.75) is 70.1 Å². The molecule has 0 atom stereocenters. The van der Waals surface area contributed by atoms with Crippen LogP contribution in [0.25, 0.3) is 0 Å². The lowest BCUT2D eigenvalue weighted by Crippen LogP contribution is -2.50. The number of carbonyl (C=O) groups is 1. The number of hydrogen-bond acceptors (Lipinski definition) is 3. The number of likely N-dealkylation sites (tertiary alicyclic amines) is 1. The Hall–Kier alpha value is -1.07. The van der Waals surface area contributed by atoms with Crippen LogP contribution in [0.4, 0.5) is 4.79 Å². The topological polar surface area (TPSA) is 41.6 Å². The highest BCUT2D eigenvalue weighted by atomic mass is 79.9. The molecule has 2 aliphatic rings. The van der Waals surface area contributed by atoms with Crippen LogP contribution in [0.15, 0.2) is 28.7 Å². The molecule has 1 heterocycles. The quantitative estimate of drug-likeness (QED) is 0.796. The van der Waals surface area contributed by atoms with Crippen molar-refractivity contribution in [3.63, 3.8) is 0 Å². The van der Waals surface area contributed by atoms with E-state index in [1.165, 1.54) is 18.4 Å². The molecule has 25 heavy (non-hydrogen) atoms. The number of piperidine rings is 1. The van der Waals surface area contributed by atoms with Crippen LogP contribution >= 0.6 is 15.9 Å². The number of nitrogens with zero attached hydrogens (tertiary/aromatic N) is 1. The summed E-state index contributed by atoms with van der Waals surface area (Å²) in [6.45, 7) is 7.80. The van der Waals surface area contributed by atoms with E-state index >= 15 is 0 Å². The van der Waals surface area contributed by atoms with E-state index in [2.05, 4.69) is 50.4 Å². The third-order valence-corrected chi connectivity index (χ3v) is 5.69. The van der Waals surface area contributed by atoms with Gasteiger partial charge in [0.15, 0.2) is 0 Å². The van der Waals surface area contributed by atoms with E-state index in [0.717, 1.165) is 36.8 Å². The Balaban J connectivity index is 1.49. The standard InChI is InChI=1S/C20H29BrN2O2/c1-19(2,3)25-18(24)22-17-8-12-23(13-9-17)20(10-11-20)14-15-4-6-16(21)7-5-15/h4-7,17H,8-14H2,1-3H3,(H,22,24). The first-order chi connectivity index (χ1) is 11.8. The van der Waals surface area contributed by atoms with Gasteiger partial charge in [0, 0.05) is 29.1 Å². The minimum atomic E-state index is -0.437. The van der Waals surface area contributed by atoms with Gasteiger partial charge in [0.25, 0.3) is 0 Å². The maximum absolute atomic E-state index is 11.9. The van der Waals surface area contributed by atoms with Crippen LogP contribution in [0.5, 0.6) is 0 Å². The van der Waals surface area contributed by atoms with E-state index in [-0.39, 0.29) is 12.1 Å². The summed E-state index contributed by atoms with van der Waals surface area (Å²) >= 11 is 3.51. The zero-order chi connectivity index (χ0) is 18.1. The summed E-state index contributed by atoms with van der Waals surface area (Å²) in [7, 11) is 0. The largest absolute Gasteiger partial charge is 0.444 e. The molecule has 138 valence electrons. The number of ether oxygens (including phenoxy) is 1. The highest BCUT2D eigenvalue weighted by Crippen LogP contribution is 2.45. The Bertz CT molecular complexity index is 597. The SMILES string of the molecule is CC(C)(C)OC(=O)NC1CCN(C2(Cc3ccc(Br)cc3)CC2)CC1. The Morgan fingerprint density at radius 3 is 2.36 bits per heavy atom. The summed E-state index contributed by atoms with van der Waals surface area (Å²) < 4.78 is 6.50. The molecule has 4 nitrogen and oxygen atoms in total. The van der Waals surface area contributed by atoms with E-state index in [1.807, 2.05) is 20.8 Å². The Morgan fingerprint density at radius 2 is 1.84 bits per heavy atom. The van der Waals surface area contributed by atoms with E-state index in [0.29, 0.717) is 5.54 Å². The fourth-order valence-corrected chi connectivity index (χ4v) is 3.97. The van der Waals surface area contributed by atoms with Gasteiger partial charge in [0.2, 0.25) is 0 Å². The molecule has 1 aromatic carbocycles. The van der Waals surface area contributed by atoms with Gasteiger partial charge in [-0.05, 0) is 70.6 Å². The Kier molecular flexibility index (Phi) is 5.45. The summed E-state index contributed by atoms with van der Waals surface area (Å²) in [6, 6.07) is 8.93.